The second-order valence-electron chi connectivity index (χ2n) is 8.50. The molecule has 0 bridgehead atoms. The van der Waals surface area contributed by atoms with E-state index in [9.17, 15) is 9.90 Å². The van der Waals surface area contributed by atoms with Gasteiger partial charge in [-0.2, -0.15) is 0 Å². The molecule has 33 heavy (non-hydrogen) atoms. The number of halogens is 3. The molecule has 4 rings (SSSR count). The van der Waals surface area contributed by atoms with Crippen LogP contribution in [-0.4, -0.2) is 57.2 Å². The van der Waals surface area contributed by atoms with Gasteiger partial charge in [-0.25, -0.2) is 9.37 Å². The molecule has 1 amide bonds. The van der Waals surface area contributed by atoms with Gasteiger partial charge in [0.15, 0.2) is 5.82 Å². The van der Waals surface area contributed by atoms with Crippen LogP contribution in [0, 0.1) is 5.82 Å². The Morgan fingerprint density at radius 3 is 2.82 bits per heavy atom. The van der Waals surface area contributed by atoms with Gasteiger partial charge in [-0.1, -0.05) is 40.9 Å². The number of nitrogens with one attached hydrogen (secondary N) is 2. The van der Waals surface area contributed by atoms with Crippen LogP contribution in [0.1, 0.15) is 30.1 Å². The Labute approximate surface area is 205 Å². The van der Waals surface area contributed by atoms with E-state index in [1.165, 1.54) is 11.2 Å². The molecule has 0 unspecified atom stereocenters. The van der Waals surface area contributed by atoms with Crippen LogP contribution in [0.2, 0.25) is 5.02 Å². The third-order valence-corrected chi connectivity index (χ3v) is 6.61. The quantitative estimate of drug-likeness (QED) is 0.369. The number of imidazole rings is 1. The Hall–Kier alpha value is -2.20. The van der Waals surface area contributed by atoms with Gasteiger partial charge in [-0.15, -0.1) is 0 Å². The summed E-state index contributed by atoms with van der Waals surface area (Å²) in [5.41, 5.74) is 0.297. The number of anilines is 2. The van der Waals surface area contributed by atoms with Crippen molar-refractivity contribution in [3.63, 3.8) is 0 Å². The molecule has 176 valence electrons. The number of hydrogen-bond acceptors (Lipinski definition) is 5. The molecule has 3 N–H and O–H groups in total. The largest absolute Gasteiger partial charge is 0.385 e. The topological polar surface area (TPSA) is 82.4 Å². The molecule has 2 aromatic carbocycles. The van der Waals surface area contributed by atoms with Crippen molar-refractivity contribution in [2.45, 2.75) is 25.4 Å². The summed E-state index contributed by atoms with van der Waals surface area (Å²) in [6.07, 6.45) is 3.59. The monoisotopic (exact) mass is 537 g/mol. The number of β-amino-alcohol motifs (C(OH)–C–C–N with tert-alkyl or cyclic N) is 1. The van der Waals surface area contributed by atoms with Crippen molar-refractivity contribution in [1.82, 2.24) is 19.8 Å². The SMILES string of the molecule is CCCCNCC1(O)CN(C(=O)c2cc3c(ncn3C)c(F)c2Nc2ccc(Br)cc2Cl)C1. The predicted octanol–water partition coefficient (Wildman–Crippen LogP) is 4.45. The van der Waals surface area contributed by atoms with Crippen molar-refractivity contribution in [2.24, 2.45) is 7.05 Å². The highest BCUT2D eigenvalue weighted by atomic mass is 79.9. The Balaban J connectivity index is 1.63. The van der Waals surface area contributed by atoms with Gasteiger partial charge in [0, 0.05) is 18.1 Å². The predicted molar refractivity (Wildman–Crippen MR) is 132 cm³/mol. The first-order valence-electron chi connectivity index (χ1n) is 10.8. The van der Waals surface area contributed by atoms with Crippen LogP contribution in [0.3, 0.4) is 0 Å². The van der Waals surface area contributed by atoms with Crippen molar-refractivity contribution in [1.29, 1.82) is 0 Å². The second kappa shape index (κ2) is 9.58. The van der Waals surface area contributed by atoms with Gasteiger partial charge in [0.1, 0.15) is 11.1 Å². The maximum atomic E-state index is 15.6. The van der Waals surface area contributed by atoms with E-state index in [0.29, 0.717) is 22.8 Å². The lowest BCUT2D eigenvalue weighted by molar-refractivity contribution is -0.0784. The molecule has 7 nitrogen and oxygen atoms in total. The van der Waals surface area contributed by atoms with Gasteiger partial charge < -0.3 is 25.2 Å². The number of carbonyl (C=O) groups is 1. The third kappa shape index (κ3) is 4.87. The zero-order chi connectivity index (χ0) is 23.8. The number of likely N-dealkylation sites (tertiary alicyclic amines) is 1. The number of aryl methyl sites for hydroxylation is 1. The fourth-order valence-electron chi connectivity index (χ4n) is 3.95. The van der Waals surface area contributed by atoms with E-state index in [0.717, 1.165) is 23.9 Å². The molecule has 1 aliphatic rings. The molecule has 0 atom stereocenters. The summed E-state index contributed by atoms with van der Waals surface area (Å²) >= 11 is 9.68. The average Bonchev–Trinajstić information content (AvgIpc) is 3.13. The lowest BCUT2D eigenvalue weighted by Gasteiger charge is -2.46. The normalized spacial score (nSPS) is 15.0. The van der Waals surface area contributed by atoms with Gasteiger partial charge >= 0.3 is 0 Å². The van der Waals surface area contributed by atoms with Gasteiger partial charge in [0.2, 0.25) is 0 Å². The molecule has 0 radical (unpaired) electrons. The van der Waals surface area contributed by atoms with E-state index in [2.05, 4.69) is 38.5 Å². The lowest BCUT2D eigenvalue weighted by atomic mass is 9.92. The van der Waals surface area contributed by atoms with Crippen molar-refractivity contribution in [3.8, 4) is 0 Å². The lowest BCUT2D eigenvalue weighted by Crippen LogP contribution is -2.67. The molecule has 1 saturated heterocycles. The van der Waals surface area contributed by atoms with Crippen LogP contribution in [0.4, 0.5) is 15.8 Å². The van der Waals surface area contributed by atoms with Crippen molar-refractivity contribution >= 4 is 55.8 Å². The summed E-state index contributed by atoms with van der Waals surface area (Å²) in [6.45, 7) is 3.68. The number of aromatic nitrogens is 2. The zero-order valence-electron chi connectivity index (χ0n) is 18.5. The van der Waals surface area contributed by atoms with E-state index in [-0.39, 0.29) is 35.8 Å². The number of hydrogen-bond donors (Lipinski definition) is 3. The molecule has 1 fully saturated rings. The van der Waals surface area contributed by atoms with Crippen LogP contribution < -0.4 is 10.6 Å². The number of rotatable bonds is 8. The number of nitrogens with zero attached hydrogens (tertiary/aromatic N) is 3. The second-order valence-corrected chi connectivity index (χ2v) is 9.82. The standard InChI is InChI=1S/C23H26BrClFN5O2/c1-3-4-7-27-10-23(33)11-31(12-23)22(32)15-9-18-21(28-13-30(18)2)19(26)20(15)29-17-6-5-14(24)8-16(17)25/h5-6,8-9,13,27,29,33H,3-4,7,10-12H2,1-2H3. The molecular formula is C23H26BrClFN5O2. The highest BCUT2D eigenvalue weighted by molar-refractivity contribution is 9.10. The summed E-state index contributed by atoms with van der Waals surface area (Å²) in [5, 5.41) is 17.3. The number of carbonyl (C=O) groups excluding carboxylic acids is 1. The van der Waals surface area contributed by atoms with E-state index in [1.54, 1.807) is 35.9 Å². The maximum absolute atomic E-state index is 15.6. The highest BCUT2D eigenvalue weighted by Crippen LogP contribution is 2.36. The molecule has 3 aromatic rings. The summed E-state index contributed by atoms with van der Waals surface area (Å²) < 4.78 is 18.0. The summed E-state index contributed by atoms with van der Waals surface area (Å²) in [4.78, 5) is 19.1. The molecule has 2 heterocycles. The van der Waals surface area contributed by atoms with Crippen LogP contribution >= 0.6 is 27.5 Å². The third-order valence-electron chi connectivity index (χ3n) is 5.80. The number of unbranched alkanes of at least 4 members (excludes halogenated alkanes) is 1. The molecule has 10 heteroatoms. The minimum absolute atomic E-state index is 0.00642. The Kier molecular flexibility index (Phi) is 6.95. The smallest absolute Gasteiger partial charge is 0.256 e. The van der Waals surface area contributed by atoms with E-state index < -0.39 is 11.4 Å². The van der Waals surface area contributed by atoms with Crippen molar-refractivity contribution < 1.29 is 14.3 Å². The number of aliphatic hydroxyl groups is 1. The maximum Gasteiger partial charge on any atom is 0.256 e. The summed E-state index contributed by atoms with van der Waals surface area (Å²) in [5.74, 6) is -1.00. The van der Waals surface area contributed by atoms with Gasteiger partial charge in [0.25, 0.3) is 5.91 Å². The van der Waals surface area contributed by atoms with Crippen LogP contribution in [-0.2, 0) is 7.05 Å². The number of amides is 1. The van der Waals surface area contributed by atoms with Crippen LogP contribution in [0.15, 0.2) is 35.1 Å². The summed E-state index contributed by atoms with van der Waals surface area (Å²) in [7, 11) is 1.74. The first-order chi connectivity index (χ1) is 15.7. The Morgan fingerprint density at radius 1 is 1.36 bits per heavy atom. The van der Waals surface area contributed by atoms with Gasteiger partial charge in [-0.05, 0) is 37.2 Å². The first kappa shape index (κ1) is 23.9. The first-order valence-corrected chi connectivity index (χ1v) is 12.0. The highest BCUT2D eigenvalue weighted by Gasteiger charge is 2.44. The van der Waals surface area contributed by atoms with Gasteiger partial charge in [0.05, 0.1) is 46.9 Å². The van der Waals surface area contributed by atoms with E-state index in [4.69, 9.17) is 11.6 Å². The Morgan fingerprint density at radius 2 is 2.12 bits per heavy atom. The molecule has 1 aliphatic heterocycles. The fourth-order valence-corrected chi connectivity index (χ4v) is 4.67. The van der Waals surface area contributed by atoms with E-state index >= 15 is 4.39 Å². The number of benzene rings is 2. The van der Waals surface area contributed by atoms with E-state index in [1.807, 2.05) is 0 Å². The molecule has 0 spiro atoms. The number of fused-ring (bicyclic) bond motifs is 1. The molecule has 1 aromatic heterocycles. The van der Waals surface area contributed by atoms with Crippen LogP contribution in [0.25, 0.3) is 11.0 Å². The van der Waals surface area contributed by atoms with Crippen molar-refractivity contribution in [3.05, 3.63) is 51.5 Å². The van der Waals surface area contributed by atoms with Crippen molar-refractivity contribution in [2.75, 3.05) is 31.5 Å². The Bertz CT molecular complexity index is 1200. The zero-order valence-corrected chi connectivity index (χ0v) is 20.8. The molecule has 0 saturated carbocycles. The summed E-state index contributed by atoms with van der Waals surface area (Å²) in [6, 6.07) is 6.78. The minimum atomic E-state index is -0.985. The fraction of sp³-hybridized carbons (Fsp3) is 0.391. The van der Waals surface area contributed by atoms with Gasteiger partial charge in [-0.3, -0.25) is 4.79 Å². The average molecular weight is 539 g/mol. The van der Waals surface area contributed by atoms with Crippen LogP contribution in [0.5, 0.6) is 0 Å². The minimum Gasteiger partial charge on any atom is -0.385 e. The molecular weight excluding hydrogens is 513 g/mol. The molecule has 0 aliphatic carbocycles.